The number of morpholine rings is 1. The van der Waals surface area contributed by atoms with E-state index in [1.807, 2.05) is 0 Å². The third kappa shape index (κ3) is 8.52. The Bertz CT molecular complexity index is 511. The van der Waals surface area contributed by atoms with Crippen LogP contribution in [0.3, 0.4) is 0 Å². The Hall–Kier alpha value is -0.890. The predicted molar refractivity (Wildman–Crippen MR) is 126 cm³/mol. The molecule has 2 unspecified atom stereocenters. The van der Waals surface area contributed by atoms with Crippen LogP contribution in [0.2, 0.25) is 0 Å². The van der Waals surface area contributed by atoms with Crippen molar-refractivity contribution in [2.45, 2.75) is 77.5 Å². The van der Waals surface area contributed by atoms with Crippen molar-refractivity contribution in [2.24, 2.45) is 10.9 Å². The highest BCUT2D eigenvalue weighted by molar-refractivity contribution is 5.80. The van der Waals surface area contributed by atoms with Crippen LogP contribution in [0.5, 0.6) is 0 Å². The van der Waals surface area contributed by atoms with Crippen LogP contribution >= 0.6 is 0 Å². The van der Waals surface area contributed by atoms with E-state index in [1.54, 1.807) is 0 Å². The summed E-state index contributed by atoms with van der Waals surface area (Å²) >= 11 is 0. The summed E-state index contributed by atoms with van der Waals surface area (Å²) < 4.78 is 17.6. The van der Waals surface area contributed by atoms with Gasteiger partial charge in [0, 0.05) is 45.4 Å². The maximum atomic E-state index is 6.20. The fraction of sp³-hybridized carbons (Fsp3) is 0.958. The van der Waals surface area contributed by atoms with Crippen LogP contribution < -0.4 is 5.32 Å². The van der Waals surface area contributed by atoms with Gasteiger partial charge in [-0.1, -0.05) is 13.8 Å². The van der Waals surface area contributed by atoms with E-state index in [0.29, 0.717) is 24.2 Å². The lowest BCUT2D eigenvalue weighted by atomic mass is 10.0. The molecule has 7 nitrogen and oxygen atoms in total. The molecule has 3 saturated heterocycles. The molecule has 0 aromatic heterocycles. The van der Waals surface area contributed by atoms with Gasteiger partial charge in [0.1, 0.15) is 0 Å². The van der Waals surface area contributed by atoms with Crippen LogP contribution in [-0.4, -0.2) is 99.7 Å². The standard InChI is InChI=1S/C24H46N4O3/c1-4-25-24(26-18-21(17-20(2)3)27-12-15-29-16-13-27)28-10-8-22(9-11-28)31-19-23-7-5-6-14-30-23/h20-23H,4-19H2,1-3H3,(H,25,26). The molecule has 1 N–H and O–H groups in total. The van der Waals surface area contributed by atoms with E-state index in [-0.39, 0.29) is 0 Å². The topological polar surface area (TPSA) is 58.6 Å². The third-order valence-corrected chi connectivity index (χ3v) is 6.63. The minimum atomic E-state index is 0.309. The number of nitrogens with zero attached hydrogens (tertiary/aromatic N) is 3. The summed E-state index contributed by atoms with van der Waals surface area (Å²) in [5, 5.41) is 3.53. The molecule has 2 atom stereocenters. The van der Waals surface area contributed by atoms with Gasteiger partial charge in [0.25, 0.3) is 0 Å². The molecule has 3 aliphatic heterocycles. The van der Waals surface area contributed by atoms with Gasteiger partial charge in [-0.15, -0.1) is 0 Å². The van der Waals surface area contributed by atoms with Gasteiger partial charge >= 0.3 is 0 Å². The molecule has 180 valence electrons. The molecular formula is C24H46N4O3. The summed E-state index contributed by atoms with van der Waals surface area (Å²) in [5.74, 6) is 1.74. The zero-order valence-corrected chi connectivity index (χ0v) is 20.2. The summed E-state index contributed by atoms with van der Waals surface area (Å²) in [6, 6.07) is 0.494. The van der Waals surface area contributed by atoms with Crippen molar-refractivity contribution in [3.63, 3.8) is 0 Å². The maximum absolute atomic E-state index is 6.20. The molecule has 0 aromatic carbocycles. The van der Waals surface area contributed by atoms with Crippen molar-refractivity contribution >= 4 is 5.96 Å². The highest BCUT2D eigenvalue weighted by Gasteiger charge is 2.25. The number of rotatable bonds is 9. The van der Waals surface area contributed by atoms with E-state index in [1.165, 1.54) is 19.3 Å². The first-order valence-corrected chi connectivity index (χ1v) is 12.7. The summed E-state index contributed by atoms with van der Waals surface area (Å²) in [6.07, 6.45) is 7.60. The van der Waals surface area contributed by atoms with Gasteiger partial charge in [-0.2, -0.15) is 0 Å². The fourth-order valence-corrected chi connectivity index (χ4v) is 4.86. The summed E-state index contributed by atoms with van der Waals surface area (Å²) in [7, 11) is 0. The second kappa shape index (κ2) is 13.6. The third-order valence-electron chi connectivity index (χ3n) is 6.63. The van der Waals surface area contributed by atoms with E-state index in [9.17, 15) is 0 Å². The Morgan fingerprint density at radius 3 is 2.48 bits per heavy atom. The zero-order valence-electron chi connectivity index (χ0n) is 20.2. The summed E-state index contributed by atoms with van der Waals surface area (Å²) in [4.78, 5) is 10.1. The molecule has 0 saturated carbocycles. The minimum Gasteiger partial charge on any atom is -0.379 e. The maximum Gasteiger partial charge on any atom is 0.193 e. The largest absolute Gasteiger partial charge is 0.379 e. The first kappa shape index (κ1) is 24.7. The van der Waals surface area contributed by atoms with Crippen LogP contribution in [0.1, 0.15) is 59.3 Å². The molecule has 3 rings (SSSR count). The minimum absolute atomic E-state index is 0.309. The zero-order chi connectivity index (χ0) is 21.9. The average Bonchev–Trinajstić information content (AvgIpc) is 2.81. The molecule has 3 fully saturated rings. The van der Waals surface area contributed by atoms with Gasteiger partial charge in [0.05, 0.1) is 38.6 Å². The smallest absolute Gasteiger partial charge is 0.193 e. The molecule has 31 heavy (non-hydrogen) atoms. The Morgan fingerprint density at radius 1 is 1.06 bits per heavy atom. The average molecular weight is 439 g/mol. The van der Waals surface area contributed by atoms with Crippen molar-refractivity contribution < 1.29 is 14.2 Å². The molecule has 0 bridgehead atoms. The van der Waals surface area contributed by atoms with Gasteiger partial charge in [-0.3, -0.25) is 9.89 Å². The van der Waals surface area contributed by atoms with Gasteiger partial charge in [-0.05, 0) is 51.4 Å². The molecule has 0 aromatic rings. The quantitative estimate of drug-likeness (QED) is 0.441. The van der Waals surface area contributed by atoms with Gasteiger partial charge in [-0.25, -0.2) is 0 Å². The fourth-order valence-electron chi connectivity index (χ4n) is 4.86. The van der Waals surface area contributed by atoms with E-state index in [2.05, 4.69) is 35.9 Å². The van der Waals surface area contributed by atoms with Crippen LogP contribution in [0.25, 0.3) is 0 Å². The Balaban J connectivity index is 1.48. The van der Waals surface area contributed by atoms with Crippen LogP contribution in [0.15, 0.2) is 4.99 Å². The van der Waals surface area contributed by atoms with Crippen molar-refractivity contribution in [3.8, 4) is 0 Å². The predicted octanol–water partition coefficient (Wildman–Crippen LogP) is 2.75. The van der Waals surface area contributed by atoms with Gasteiger partial charge < -0.3 is 24.4 Å². The highest BCUT2D eigenvalue weighted by Crippen LogP contribution is 2.19. The normalized spacial score (nSPS) is 25.7. The number of nitrogens with one attached hydrogen (secondary N) is 1. The second-order valence-corrected chi connectivity index (χ2v) is 9.63. The number of piperidine rings is 1. The molecule has 3 aliphatic rings. The molecule has 0 aliphatic carbocycles. The van der Waals surface area contributed by atoms with Crippen molar-refractivity contribution in [3.05, 3.63) is 0 Å². The number of aliphatic imine (C=N–C) groups is 1. The molecular weight excluding hydrogens is 392 g/mol. The SMILES string of the molecule is CCNC(=NCC(CC(C)C)N1CCOCC1)N1CCC(OCC2CCCCO2)CC1. The summed E-state index contributed by atoms with van der Waals surface area (Å²) in [6.45, 7) is 16.0. The lowest BCUT2D eigenvalue weighted by molar-refractivity contribution is -0.0721. The monoisotopic (exact) mass is 438 g/mol. The van der Waals surface area contributed by atoms with Crippen LogP contribution in [0, 0.1) is 5.92 Å². The first-order valence-electron chi connectivity index (χ1n) is 12.7. The number of guanidine groups is 1. The van der Waals surface area contributed by atoms with Crippen LogP contribution in [0.4, 0.5) is 0 Å². The lowest BCUT2D eigenvalue weighted by Crippen LogP contribution is -2.49. The van der Waals surface area contributed by atoms with Gasteiger partial charge in [0.2, 0.25) is 0 Å². The number of likely N-dealkylation sites (tertiary alicyclic amines) is 1. The molecule has 7 heteroatoms. The molecule has 0 radical (unpaired) electrons. The Morgan fingerprint density at radius 2 is 1.84 bits per heavy atom. The van der Waals surface area contributed by atoms with E-state index in [0.717, 1.165) is 90.9 Å². The molecule has 0 amide bonds. The van der Waals surface area contributed by atoms with E-state index in [4.69, 9.17) is 19.2 Å². The first-order chi connectivity index (χ1) is 15.2. The molecule has 0 spiro atoms. The van der Waals surface area contributed by atoms with E-state index >= 15 is 0 Å². The van der Waals surface area contributed by atoms with E-state index < -0.39 is 0 Å². The summed E-state index contributed by atoms with van der Waals surface area (Å²) in [5.41, 5.74) is 0. The van der Waals surface area contributed by atoms with Crippen molar-refractivity contribution in [1.29, 1.82) is 0 Å². The Labute approximate surface area is 189 Å². The number of ether oxygens (including phenoxy) is 3. The van der Waals surface area contributed by atoms with Gasteiger partial charge in [0.15, 0.2) is 5.96 Å². The van der Waals surface area contributed by atoms with Crippen molar-refractivity contribution in [2.75, 3.05) is 65.7 Å². The molecule has 3 heterocycles. The Kier molecular flexibility index (Phi) is 10.9. The lowest BCUT2D eigenvalue weighted by Gasteiger charge is -2.36. The highest BCUT2D eigenvalue weighted by atomic mass is 16.5. The number of hydrogen-bond donors (Lipinski definition) is 1. The second-order valence-electron chi connectivity index (χ2n) is 9.63. The van der Waals surface area contributed by atoms with Crippen molar-refractivity contribution in [1.82, 2.24) is 15.1 Å². The number of hydrogen-bond acceptors (Lipinski definition) is 5. The van der Waals surface area contributed by atoms with Crippen LogP contribution in [-0.2, 0) is 14.2 Å².